The number of carbonyl (C=O) groups excluding carboxylic acids is 2. The van der Waals surface area contributed by atoms with E-state index in [1.54, 1.807) is 13.8 Å². The van der Waals surface area contributed by atoms with E-state index in [2.05, 4.69) is 0 Å². The lowest BCUT2D eigenvalue weighted by molar-refractivity contribution is -0.254. The average Bonchev–Trinajstić information content (AvgIpc) is 3.38. The minimum absolute atomic E-state index is 0.0829. The Bertz CT molecular complexity index is 1200. The predicted octanol–water partition coefficient (Wildman–Crippen LogP) is 7.41. The summed E-state index contributed by atoms with van der Waals surface area (Å²) in [5, 5.41) is 0. The molecule has 200 valence electrons. The van der Waals surface area contributed by atoms with E-state index < -0.39 is 52.0 Å². The number of alkyl halides is 6. The predicted molar refractivity (Wildman–Crippen MR) is 131 cm³/mol. The summed E-state index contributed by atoms with van der Waals surface area (Å²) in [4.78, 5) is 23.7. The van der Waals surface area contributed by atoms with Crippen LogP contribution in [-0.4, -0.2) is 42.9 Å². The van der Waals surface area contributed by atoms with E-state index in [0.29, 0.717) is 0 Å². The fraction of sp³-hybridized carbons (Fsp3) is 0.360. The Morgan fingerprint density at radius 3 is 1.43 bits per heavy atom. The van der Waals surface area contributed by atoms with Gasteiger partial charge in [0.05, 0.1) is 13.2 Å². The number of rotatable bonds is 8. The molecule has 1 aliphatic carbocycles. The van der Waals surface area contributed by atoms with Crippen molar-refractivity contribution < 1.29 is 45.4 Å². The highest BCUT2D eigenvalue weighted by molar-refractivity contribution is 7.13. The highest BCUT2D eigenvalue weighted by Gasteiger charge is 2.80. The number of aryl methyl sites for hydroxylation is 2. The summed E-state index contributed by atoms with van der Waals surface area (Å²) in [5.74, 6) is -17.5. The summed E-state index contributed by atoms with van der Waals surface area (Å²) < 4.78 is 99.3. The van der Waals surface area contributed by atoms with Crippen molar-refractivity contribution in [2.45, 2.75) is 45.5 Å². The lowest BCUT2D eigenvalue weighted by Gasteiger charge is -2.25. The van der Waals surface area contributed by atoms with Crippen LogP contribution in [0.25, 0.3) is 23.3 Å². The van der Waals surface area contributed by atoms with Crippen molar-refractivity contribution in [3.8, 4) is 0 Å². The van der Waals surface area contributed by atoms with E-state index >= 15 is 17.6 Å². The van der Waals surface area contributed by atoms with Crippen LogP contribution in [0.4, 0.5) is 26.3 Å². The summed E-state index contributed by atoms with van der Waals surface area (Å²) in [5.41, 5.74) is -3.90. The van der Waals surface area contributed by atoms with Gasteiger partial charge in [0.1, 0.15) is 0 Å². The Labute approximate surface area is 216 Å². The van der Waals surface area contributed by atoms with Gasteiger partial charge in [0.25, 0.3) is 0 Å². The summed E-state index contributed by atoms with van der Waals surface area (Å²) >= 11 is 1.75. The van der Waals surface area contributed by atoms with Gasteiger partial charge < -0.3 is 9.47 Å². The number of thiophene rings is 2. The Morgan fingerprint density at radius 2 is 1.11 bits per heavy atom. The summed E-state index contributed by atoms with van der Waals surface area (Å²) in [6.45, 7) is 6.04. The van der Waals surface area contributed by atoms with Crippen LogP contribution in [0.3, 0.4) is 0 Å². The molecule has 0 bridgehead atoms. The number of esters is 2. The molecule has 2 aromatic rings. The van der Waals surface area contributed by atoms with Gasteiger partial charge in [0.15, 0.2) is 0 Å². The van der Waals surface area contributed by atoms with Crippen molar-refractivity contribution >= 4 is 57.9 Å². The average molecular weight is 565 g/mol. The monoisotopic (exact) mass is 564 g/mol. The first kappa shape index (κ1) is 28.7. The van der Waals surface area contributed by atoms with Crippen molar-refractivity contribution in [1.29, 1.82) is 0 Å². The molecule has 37 heavy (non-hydrogen) atoms. The second kappa shape index (κ2) is 10.5. The van der Waals surface area contributed by atoms with Crippen molar-refractivity contribution in [3.05, 3.63) is 54.9 Å². The minimum Gasteiger partial charge on any atom is -0.463 e. The molecule has 0 N–H and O–H groups in total. The third-order valence-corrected chi connectivity index (χ3v) is 7.45. The molecule has 12 heteroatoms. The van der Waals surface area contributed by atoms with Gasteiger partial charge in [-0.05, 0) is 63.1 Å². The molecule has 0 fully saturated rings. The van der Waals surface area contributed by atoms with Crippen molar-refractivity contribution in [2.24, 2.45) is 0 Å². The molecule has 0 saturated heterocycles. The van der Waals surface area contributed by atoms with Gasteiger partial charge in [-0.15, -0.1) is 22.7 Å². The number of hydrogen-bond acceptors (Lipinski definition) is 6. The van der Waals surface area contributed by atoms with Gasteiger partial charge in [-0.25, -0.2) is 9.59 Å². The molecule has 0 amide bonds. The van der Waals surface area contributed by atoms with E-state index in [1.807, 2.05) is 0 Å². The number of ether oxygens (including phenoxy) is 2. The zero-order valence-electron chi connectivity index (χ0n) is 20.1. The fourth-order valence-corrected chi connectivity index (χ4v) is 5.66. The molecular formula is C25H22F6O4S2. The van der Waals surface area contributed by atoms with Crippen LogP contribution >= 0.6 is 22.7 Å². The zero-order chi connectivity index (χ0) is 27.8. The van der Waals surface area contributed by atoms with E-state index in [0.717, 1.165) is 47.0 Å². The molecule has 0 saturated carbocycles. The van der Waals surface area contributed by atoms with Gasteiger partial charge in [-0.3, -0.25) is 0 Å². The molecule has 0 aromatic carbocycles. The second-order valence-corrected chi connectivity index (χ2v) is 10.5. The van der Waals surface area contributed by atoms with E-state index in [9.17, 15) is 18.4 Å². The molecule has 4 nitrogen and oxygen atoms in total. The molecule has 0 radical (unpaired) electrons. The highest BCUT2D eigenvalue weighted by atomic mass is 32.1. The van der Waals surface area contributed by atoms with Gasteiger partial charge >= 0.3 is 29.7 Å². The number of carbonyl (C=O) groups is 2. The molecular weight excluding hydrogens is 542 g/mol. The Balaban J connectivity index is 2.21. The van der Waals surface area contributed by atoms with E-state index in [4.69, 9.17) is 9.47 Å². The molecule has 0 unspecified atom stereocenters. The molecule has 3 rings (SSSR count). The Kier molecular flexibility index (Phi) is 8.13. The Morgan fingerprint density at radius 1 is 0.757 bits per heavy atom. The van der Waals surface area contributed by atoms with Crippen LogP contribution in [0, 0.1) is 13.8 Å². The maximum absolute atomic E-state index is 15.1. The van der Waals surface area contributed by atoms with Crippen LogP contribution in [0.1, 0.15) is 44.5 Å². The number of halogens is 6. The lowest BCUT2D eigenvalue weighted by Crippen LogP contribution is -2.48. The fourth-order valence-electron chi connectivity index (χ4n) is 3.78. The first-order chi connectivity index (χ1) is 17.2. The summed E-state index contributed by atoms with van der Waals surface area (Å²) in [6, 6.07) is 2.14. The van der Waals surface area contributed by atoms with Gasteiger partial charge in [0, 0.05) is 42.8 Å². The third kappa shape index (κ3) is 5.13. The standard InChI is InChI=1S/C25H22F6O4S2/c1-5-34-19(32)9-7-15-11-17(13(3)36-15)21-22(24(28,29)25(30,31)23(21,26)27)18-12-16(37-14(18)4)8-10-20(33)35-6-2/h7-12H,5-6H2,1-4H3/b9-7+,10-8+. The molecule has 0 aliphatic heterocycles. The van der Waals surface area contributed by atoms with E-state index in [1.165, 1.54) is 26.0 Å². The maximum Gasteiger partial charge on any atom is 0.380 e. The van der Waals surface area contributed by atoms with Crippen LogP contribution in [0.5, 0.6) is 0 Å². The number of hydrogen-bond donors (Lipinski definition) is 0. The van der Waals surface area contributed by atoms with E-state index in [-0.39, 0.29) is 32.7 Å². The van der Waals surface area contributed by atoms with Gasteiger partial charge in [-0.1, -0.05) is 0 Å². The van der Waals surface area contributed by atoms with Gasteiger partial charge in [-0.2, -0.15) is 26.3 Å². The minimum atomic E-state index is -5.70. The Hall–Kier alpha value is -2.86. The van der Waals surface area contributed by atoms with Crippen LogP contribution < -0.4 is 0 Å². The SMILES string of the molecule is CCOC(=O)/C=C/c1cc(C2=C(c3cc(/C=C/C(=O)OCC)sc3C)C(F)(F)C(F)(F)C2(F)F)c(C)s1. The normalized spacial score (nSPS) is 18.2. The van der Waals surface area contributed by atoms with Crippen molar-refractivity contribution in [2.75, 3.05) is 13.2 Å². The van der Waals surface area contributed by atoms with Gasteiger partial charge in [0.2, 0.25) is 0 Å². The largest absolute Gasteiger partial charge is 0.463 e. The van der Waals surface area contributed by atoms with Crippen molar-refractivity contribution in [1.82, 2.24) is 0 Å². The smallest absolute Gasteiger partial charge is 0.380 e. The first-order valence-corrected chi connectivity index (χ1v) is 12.6. The van der Waals surface area contributed by atoms with Crippen LogP contribution in [0.2, 0.25) is 0 Å². The molecule has 2 heterocycles. The molecule has 1 aliphatic rings. The molecule has 0 atom stereocenters. The first-order valence-electron chi connectivity index (χ1n) is 11.0. The highest BCUT2D eigenvalue weighted by Crippen LogP contribution is 2.65. The maximum atomic E-state index is 15.1. The molecule has 0 spiro atoms. The topological polar surface area (TPSA) is 52.6 Å². The lowest BCUT2D eigenvalue weighted by atomic mass is 9.95. The second-order valence-electron chi connectivity index (χ2n) is 7.88. The van der Waals surface area contributed by atoms with Crippen LogP contribution in [0.15, 0.2) is 24.3 Å². The van der Waals surface area contributed by atoms with Crippen LogP contribution in [-0.2, 0) is 19.1 Å². The van der Waals surface area contributed by atoms with Crippen molar-refractivity contribution in [3.63, 3.8) is 0 Å². The quantitative estimate of drug-likeness (QED) is 0.190. The molecule has 2 aromatic heterocycles. The zero-order valence-corrected chi connectivity index (χ0v) is 21.7. The summed E-state index contributed by atoms with van der Waals surface area (Å²) in [7, 11) is 0. The number of allylic oxidation sites excluding steroid dienone is 2. The summed E-state index contributed by atoms with van der Waals surface area (Å²) in [6.07, 6.45) is 4.51. The third-order valence-electron chi connectivity index (χ3n) is 5.42.